The molecular formula is C11H8N2O3. The van der Waals surface area contributed by atoms with Crippen molar-refractivity contribution in [3.05, 3.63) is 29.8 Å². The zero-order valence-electron chi connectivity index (χ0n) is 8.25. The standard InChI is InChI=1S/C11H8N2O3/c14-5-8-12-9-6-3-1-2-4-7(6)16-10(9)11(15)13-8/h1-4,10,14H,5H2. The van der Waals surface area contributed by atoms with Crippen molar-refractivity contribution in [1.82, 2.24) is 0 Å². The lowest BCUT2D eigenvalue weighted by molar-refractivity contribution is -0.121. The van der Waals surface area contributed by atoms with Gasteiger partial charge in [-0.2, -0.15) is 4.99 Å². The second-order valence-electron chi connectivity index (χ2n) is 3.52. The number of hydrogen-bond acceptors (Lipinski definition) is 4. The smallest absolute Gasteiger partial charge is 0.294 e. The molecule has 2 heterocycles. The molecule has 80 valence electrons. The summed E-state index contributed by atoms with van der Waals surface area (Å²) in [6, 6.07) is 7.29. The molecule has 0 fully saturated rings. The van der Waals surface area contributed by atoms with E-state index in [2.05, 4.69) is 9.98 Å². The fourth-order valence-electron chi connectivity index (χ4n) is 1.81. The minimum Gasteiger partial charge on any atom is -0.473 e. The number of aliphatic hydroxyl groups excluding tert-OH is 1. The summed E-state index contributed by atoms with van der Waals surface area (Å²) in [4.78, 5) is 19.4. The molecule has 0 saturated heterocycles. The lowest BCUT2D eigenvalue weighted by Gasteiger charge is -2.12. The van der Waals surface area contributed by atoms with E-state index in [4.69, 9.17) is 9.84 Å². The second kappa shape index (κ2) is 3.24. The van der Waals surface area contributed by atoms with Gasteiger partial charge in [-0.05, 0) is 12.1 Å². The van der Waals surface area contributed by atoms with Gasteiger partial charge >= 0.3 is 0 Å². The average molecular weight is 216 g/mol. The van der Waals surface area contributed by atoms with Crippen molar-refractivity contribution >= 4 is 17.5 Å². The second-order valence-corrected chi connectivity index (χ2v) is 3.52. The normalized spacial score (nSPS) is 21.8. The number of amides is 1. The van der Waals surface area contributed by atoms with Crippen molar-refractivity contribution in [2.24, 2.45) is 9.98 Å². The number of nitrogens with zero attached hydrogens (tertiary/aromatic N) is 2. The SMILES string of the molecule is O=C1N=C(CO)N=C2c3ccccc3OC12. The van der Waals surface area contributed by atoms with Crippen LogP contribution in [0, 0.1) is 0 Å². The molecule has 0 bridgehead atoms. The molecule has 2 aliphatic heterocycles. The Bertz CT molecular complexity index is 534. The number of amidine groups is 1. The van der Waals surface area contributed by atoms with Crippen molar-refractivity contribution in [3.63, 3.8) is 0 Å². The zero-order chi connectivity index (χ0) is 11.1. The first-order chi connectivity index (χ1) is 7.79. The highest BCUT2D eigenvalue weighted by Crippen LogP contribution is 2.30. The van der Waals surface area contributed by atoms with Crippen LogP contribution in [-0.4, -0.2) is 35.3 Å². The van der Waals surface area contributed by atoms with Gasteiger partial charge in [0.05, 0.1) is 0 Å². The first-order valence-electron chi connectivity index (χ1n) is 4.86. The first-order valence-corrected chi connectivity index (χ1v) is 4.86. The lowest BCUT2D eigenvalue weighted by Crippen LogP contribution is -2.35. The summed E-state index contributed by atoms with van der Waals surface area (Å²) in [7, 11) is 0. The van der Waals surface area contributed by atoms with Crippen LogP contribution >= 0.6 is 0 Å². The summed E-state index contributed by atoms with van der Waals surface area (Å²) in [6.45, 7) is -0.343. The third kappa shape index (κ3) is 1.18. The number of aliphatic hydroxyl groups is 1. The molecule has 0 aliphatic carbocycles. The Morgan fingerprint density at radius 1 is 1.31 bits per heavy atom. The van der Waals surface area contributed by atoms with Gasteiger partial charge < -0.3 is 9.84 Å². The molecule has 1 N–H and O–H groups in total. The number of carbonyl (C=O) groups excluding carboxylic acids is 1. The molecule has 2 aliphatic rings. The molecule has 1 atom stereocenters. The van der Waals surface area contributed by atoms with Gasteiger partial charge in [-0.3, -0.25) is 4.79 Å². The van der Waals surface area contributed by atoms with Crippen LogP contribution in [0.1, 0.15) is 5.56 Å². The van der Waals surface area contributed by atoms with Gasteiger partial charge in [-0.25, -0.2) is 4.99 Å². The molecule has 1 aromatic rings. The predicted octanol–water partition coefficient (Wildman–Crippen LogP) is 0.168. The Morgan fingerprint density at radius 2 is 2.12 bits per heavy atom. The van der Waals surface area contributed by atoms with Gasteiger partial charge in [-0.15, -0.1) is 0 Å². The maximum absolute atomic E-state index is 11.6. The number of carbonyl (C=O) groups is 1. The van der Waals surface area contributed by atoms with Crippen molar-refractivity contribution in [2.45, 2.75) is 6.10 Å². The van der Waals surface area contributed by atoms with E-state index < -0.39 is 12.0 Å². The van der Waals surface area contributed by atoms with Gasteiger partial charge in [-0.1, -0.05) is 12.1 Å². The molecule has 1 aromatic carbocycles. The fourth-order valence-corrected chi connectivity index (χ4v) is 1.81. The highest BCUT2D eigenvalue weighted by Gasteiger charge is 2.38. The molecule has 3 rings (SSSR count). The quantitative estimate of drug-likeness (QED) is 0.727. The third-order valence-corrected chi connectivity index (χ3v) is 2.51. The van der Waals surface area contributed by atoms with Gasteiger partial charge in [0.1, 0.15) is 18.1 Å². The van der Waals surface area contributed by atoms with Gasteiger partial charge in [0.15, 0.2) is 5.84 Å². The van der Waals surface area contributed by atoms with E-state index in [1.165, 1.54) is 0 Å². The van der Waals surface area contributed by atoms with Crippen LogP contribution in [0.4, 0.5) is 0 Å². The zero-order valence-corrected chi connectivity index (χ0v) is 8.25. The lowest BCUT2D eigenvalue weighted by atomic mass is 10.1. The van der Waals surface area contributed by atoms with Crippen molar-refractivity contribution in [3.8, 4) is 5.75 Å². The summed E-state index contributed by atoms with van der Waals surface area (Å²) in [5.74, 6) is 0.357. The van der Waals surface area contributed by atoms with Crippen LogP contribution in [0.3, 0.4) is 0 Å². The van der Waals surface area contributed by atoms with Crippen LogP contribution in [0.2, 0.25) is 0 Å². The molecule has 5 nitrogen and oxygen atoms in total. The Balaban J connectivity index is 2.14. The number of aliphatic imine (C=N–C) groups is 2. The Morgan fingerprint density at radius 3 is 2.94 bits per heavy atom. The highest BCUT2D eigenvalue weighted by molar-refractivity contribution is 6.26. The number of fused-ring (bicyclic) bond motifs is 3. The van der Waals surface area contributed by atoms with Crippen LogP contribution in [0.15, 0.2) is 34.3 Å². The van der Waals surface area contributed by atoms with Crippen LogP contribution in [0.25, 0.3) is 0 Å². The van der Waals surface area contributed by atoms with Gasteiger partial charge in [0.25, 0.3) is 5.91 Å². The van der Waals surface area contributed by atoms with E-state index >= 15 is 0 Å². The highest BCUT2D eigenvalue weighted by atomic mass is 16.5. The molecule has 0 radical (unpaired) electrons. The van der Waals surface area contributed by atoms with E-state index in [0.717, 1.165) is 5.56 Å². The Labute approximate surface area is 91.1 Å². The van der Waals surface area contributed by atoms with Crippen molar-refractivity contribution < 1.29 is 14.6 Å². The van der Waals surface area contributed by atoms with Crippen LogP contribution < -0.4 is 4.74 Å². The minimum atomic E-state index is -0.743. The topological polar surface area (TPSA) is 71.2 Å². The first kappa shape index (κ1) is 9.23. The number of para-hydroxylation sites is 1. The van der Waals surface area contributed by atoms with Gasteiger partial charge in [0.2, 0.25) is 6.10 Å². The molecule has 1 unspecified atom stereocenters. The summed E-state index contributed by atoms with van der Waals surface area (Å²) in [5.41, 5.74) is 1.33. The van der Waals surface area contributed by atoms with Crippen LogP contribution in [0.5, 0.6) is 5.75 Å². The van der Waals surface area contributed by atoms with Crippen molar-refractivity contribution in [1.29, 1.82) is 0 Å². The molecular weight excluding hydrogens is 208 g/mol. The van der Waals surface area contributed by atoms with E-state index in [0.29, 0.717) is 11.5 Å². The summed E-state index contributed by atoms with van der Waals surface area (Å²) in [5, 5.41) is 8.95. The molecule has 1 amide bonds. The van der Waals surface area contributed by atoms with E-state index in [1.807, 2.05) is 18.2 Å². The maximum atomic E-state index is 11.6. The molecule has 16 heavy (non-hydrogen) atoms. The van der Waals surface area contributed by atoms with Crippen LogP contribution in [-0.2, 0) is 4.79 Å². The third-order valence-electron chi connectivity index (χ3n) is 2.51. The van der Waals surface area contributed by atoms with E-state index in [9.17, 15) is 4.79 Å². The number of hydrogen-bond donors (Lipinski definition) is 1. The number of benzene rings is 1. The van der Waals surface area contributed by atoms with E-state index in [1.54, 1.807) is 6.07 Å². The fraction of sp³-hybridized carbons (Fsp3) is 0.182. The average Bonchev–Trinajstić information content (AvgIpc) is 2.68. The van der Waals surface area contributed by atoms with Crippen molar-refractivity contribution in [2.75, 3.05) is 6.61 Å². The molecule has 0 spiro atoms. The van der Waals surface area contributed by atoms with Gasteiger partial charge in [0, 0.05) is 5.56 Å². The number of ether oxygens (including phenoxy) is 1. The maximum Gasteiger partial charge on any atom is 0.294 e. The molecule has 5 heteroatoms. The summed E-state index contributed by atoms with van der Waals surface area (Å²) < 4.78 is 5.45. The Hall–Kier alpha value is -2.01. The largest absolute Gasteiger partial charge is 0.473 e. The monoisotopic (exact) mass is 216 g/mol. The summed E-state index contributed by atoms with van der Waals surface area (Å²) in [6.07, 6.45) is -0.743. The predicted molar refractivity (Wildman–Crippen MR) is 56.9 cm³/mol. The van der Waals surface area contributed by atoms with E-state index in [-0.39, 0.29) is 12.4 Å². The summed E-state index contributed by atoms with van der Waals surface area (Å²) >= 11 is 0. The molecule has 0 saturated carbocycles. The Kier molecular flexibility index (Phi) is 1.87. The molecule has 0 aromatic heterocycles. The number of rotatable bonds is 1. The minimum absolute atomic E-state index is 0.136.